The van der Waals surface area contributed by atoms with E-state index in [2.05, 4.69) is 43.7 Å². The summed E-state index contributed by atoms with van der Waals surface area (Å²) in [5.74, 6) is 2.20. The highest BCUT2D eigenvalue weighted by atomic mass is 16.5. The third kappa shape index (κ3) is 4.46. The molecule has 1 aliphatic rings. The summed E-state index contributed by atoms with van der Waals surface area (Å²) in [5, 5.41) is 6.57. The summed E-state index contributed by atoms with van der Waals surface area (Å²) in [5.41, 5.74) is 0. The number of amides is 1. The number of nitrogens with one attached hydrogen (secondary N) is 1. The van der Waals surface area contributed by atoms with Gasteiger partial charge in [0.15, 0.2) is 5.82 Å². The molecular formula is C17H26N6O2. The zero-order valence-corrected chi connectivity index (χ0v) is 15.1. The molecule has 0 bridgehead atoms. The van der Waals surface area contributed by atoms with Crippen LogP contribution in [-0.2, 0) is 17.9 Å². The first-order valence-corrected chi connectivity index (χ1v) is 8.74. The summed E-state index contributed by atoms with van der Waals surface area (Å²) in [6.07, 6.45) is 3.88. The van der Waals surface area contributed by atoms with Gasteiger partial charge in [-0.3, -0.25) is 14.6 Å². The average molecular weight is 346 g/mol. The Morgan fingerprint density at radius 3 is 2.96 bits per heavy atom. The number of hydrogen-bond acceptors (Lipinski definition) is 6. The van der Waals surface area contributed by atoms with Gasteiger partial charge >= 0.3 is 0 Å². The minimum atomic E-state index is -0.0597. The van der Waals surface area contributed by atoms with Crippen LogP contribution >= 0.6 is 0 Å². The molecule has 1 unspecified atom stereocenters. The number of carbonyl (C=O) groups is 1. The van der Waals surface area contributed by atoms with Gasteiger partial charge in [-0.1, -0.05) is 5.16 Å². The SMILES string of the molecule is CCn1ccnc1CN1CCN(CC(=O)Nc2cc(C)on2)CC1C. The maximum absolute atomic E-state index is 12.2. The number of hydrogen-bond donors (Lipinski definition) is 1. The summed E-state index contributed by atoms with van der Waals surface area (Å²) in [6.45, 7) is 10.9. The Bertz CT molecular complexity index is 710. The molecule has 0 aliphatic carbocycles. The third-order valence-corrected chi connectivity index (χ3v) is 4.60. The predicted molar refractivity (Wildman–Crippen MR) is 94.1 cm³/mol. The molecule has 1 aliphatic heterocycles. The fourth-order valence-corrected chi connectivity index (χ4v) is 3.22. The first-order chi connectivity index (χ1) is 12.0. The summed E-state index contributed by atoms with van der Waals surface area (Å²) < 4.78 is 7.14. The molecule has 1 N–H and O–H groups in total. The first kappa shape index (κ1) is 17.6. The van der Waals surface area contributed by atoms with Crippen LogP contribution in [-0.4, -0.2) is 62.6 Å². The Labute approximate surface area is 147 Å². The molecular weight excluding hydrogens is 320 g/mol. The van der Waals surface area contributed by atoms with Crippen molar-refractivity contribution in [3.8, 4) is 0 Å². The van der Waals surface area contributed by atoms with E-state index in [9.17, 15) is 4.79 Å². The van der Waals surface area contributed by atoms with E-state index >= 15 is 0 Å². The van der Waals surface area contributed by atoms with Gasteiger partial charge in [-0.2, -0.15) is 0 Å². The molecule has 3 rings (SSSR count). The van der Waals surface area contributed by atoms with Gasteiger partial charge in [0.25, 0.3) is 0 Å². The average Bonchev–Trinajstić information content (AvgIpc) is 3.18. The molecule has 0 spiro atoms. The number of aromatic nitrogens is 3. The summed E-state index contributed by atoms with van der Waals surface area (Å²) in [7, 11) is 0. The highest BCUT2D eigenvalue weighted by Gasteiger charge is 2.26. The van der Waals surface area contributed by atoms with E-state index in [1.54, 1.807) is 13.0 Å². The molecule has 2 aromatic heterocycles. The van der Waals surface area contributed by atoms with Crippen LogP contribution in [0.15, 0.2) is 23.0 Å². The number of nitrogens with zero attached hydrogens (tertiary/aromatic N) is 5. The van der Waals surface area contributed by atoms with E-state index in [0.29, 0.717) is 24.2 Å². The maximum atomic E-state index is 12.2. The molecule has 1 atom stereocenters. The molecule has 8 heteroatoms. The van der Waals surface area contributed by atoms with Crippen LogP contribution in [0.3, 0.4) is 0 Å². The van der Waals surface area contributed by atoms with Gasteiger partial charge in [0.1, 0.15) is 11.6 Å². The second-order valence-electron chi connectivity index (χ2n) is 6.56. The number of rotatable bonds is 6. The van der Waals surface area contributed by atoms with Crippen LogP contribution in [0.4, 0.5) is 5.82 Å². The van der Waals surface area contributed by atoms with Crippen molar-refractivity contribution in [3.05, 3.63) is 30.0 Å². The van der Waals surface area contributed by atoms with Crippen molar-refractivity contribution in [3.63, 3.8) is 0 Å². The number of carbonyl (C=O) groups excluding carboxylic acids is 1. The monoisotopic (exact) mass is 346 g/mol. The number of aryl methyl sites for hydroxylation is 2. The van der Waals surface area contributed by atoms with Crippen LogP contribution in [0.5, 0.6) is 0 Å². The van der Waals surface area contributed by atoms with Crippen molar-refractivity contribution >= 4 is 11.7 Å². The van der Waals surface area contributed by atoms with Crippen molar-refractivity contribution in [2.75, 3.05) is 31.5 Å². The molecule has 0 saturated carbocycles. The van der Waals surface area contributed by atoms with Crippen molar-refractivity contribution in [1.29, 1.82) is 0 Å². The van der Waals surface area contributed by atoms with Crippen molar-refractivity contribution in [2.45, 2.75) is 39.9 Å². The van der Waals surface area contributed by atoms with E-state index in [-0.39, 0.29) is 5.91 Å². The Morgan fingerprint density at radius 1 is 1.44 bits per heavy atom. The molecule has 3 heterocycles. The highest BCUT2D eigenvalue weighted by Crippen LogP contribution is 2.14. The van der Waals surface area contributed by atoms with Gasteiger partial charge in [0.2, 0.25) is 5.91 Å². The summed E-state index contributed by atoms with van der Waals surface area (Å²) >= 11 is 0. The zero-order valence-electron chi connectivity index (χ0n) is 15.1. The third-order valence-electron chi connectivity index (χ3n) is 4.60. The predicted octanol–water partition coefficient (Wildman–Crippen LogP) is 1.34. The Kier molecular flexibility index (Phi) is 5.50. The van der Waals surface area contributed by atoms with Crippen LogP contribution < -0.4 is 5.32 Å². The second-order valence-corrected chi connectivity index (χ2v) is 6.56. The molecule has 1 saturated heterocycles. The Hall–Kier alpha value is -2.19. The van der Waals surface area contributed by atoms with Gasteiger partial charge < -0.3 is 14.4 Å². The zero-order chi connectivity index (χ0) is 17.8. The molecule has 136 valence electrons. The van der Waals surface area contributed by atoms with E-state index < -0.39 is 0 Å². The lowest BCUT2D eigenvalue weighted by Crippen LogP contribution is -2.53. The number of anilines is 1. The smallest absolute Gasteiger partial charge is 0.239 e. The first-order valence-electron chi connectivity index (χ1n) is 8.74. The largest absolute Gasteiger partial charge is 0.360 e. The van der Waals surface area contributed by atoms with Crippen LogP contribution in [0.25, 0.3) is 0 Å². The fourth-order valence-electron chi connectivity index (χ4n) is 3.22. The van der Waals surface area contributed by atoms with Crippen LogP contribution in [0, 0.1) is 6.92 Å². The minimum absolute atomic E-state index is 0.0597. The highest BCUT2D eigenvalue weighted by molar-refractivity contribution is 5.91. The van der Waals surface area contributed by atoms with Crippen LogP contribution in [0.1, 0.15) is 25.4 Å². The van der Waals surface area contributed by atoms with Gasteiger partial charge in [-0.25, -0.2) is 4.98 Å². The molecule has 25 heavy (non-hydrogen) atoms. The molecule has 1 amide bonds. The van der Waals surface area contributed by atoms with E-state index in [4.69, 9.17) is 4.52 Å². The van der Waals surface area contributed by atoms with Gasteiger partial charge in [-0.15, -0.1) is 0 Å². The molecule has 0 radical (unpaired) electrons. The van der Waals surface area contributed by atoms with Gasteiger partial charge in [-0.05, 0) is 20.8 Å². The lowest BCUT2D eigenvalue weighted by Gasteiger charge is -2.39. The quantitative estimate of drug-likeness (QED) is 0.850. The van der Waals surface area contributed by atoms with Crippen molar-refractivity contribution in [2.24, 2.45) is 0 Å². The standard InChI is InChI=1S/C17H26N6O2/c1-4-22-6-5-18-16(22)11-23-8-7-21(10-13(23)2)12-17(24)19-15-9-14(3)25-20-15/h5-6,9,13H,4,7-8,10-12H2,1-3H3,(H,19,20,24). The Morgan fingerprint density at radius 2 is 2.28 bits per heavy atom. The van der Waals surface area contributed by atoms with Crippen molar-refractivity contribution < 1.29 is 9.32 Å². The Balaban J connectivity index is 1.48. The second kappa shape index (κ2) is 7.79. The molecule has 8 nitrogen and oxygen atoms in total. The maximum Gasteiger partial charge on any atom is 0.239 e. The lowest BCUT2D eigenvalue weighted by atomic mass is 10.2. The van der Waals surface area contributed by atoms with Crippen molar-refractivity contribution in [1.82, 2.24) is 24.5 Å². The van der Waals surface area contributed by atoms with E-state index in [0.717, 1.165) is 38.5 Å². The molecule has 2 aromatic rings. The van der Waals surface area contributed by atoms with Crippen LogP contribution in [0.2, 0.25) is 0 Å². The lowest BCUT2D eigenvalue weighted by molar-refractivity contribution is -0.118. The van der Waals surface area contributed by atoms with Gasteiger partial charge in [0, 0.05) is 50.7 Å². The fraction of sp³-hybridized carbons (Fsp3) is 0.588. The number of imidazole rings is 1. The minimum Gasteiger partial charge on any atom is -0.360 e. The molecule has 1 fully saturated rings. The van der Waals surface area contributed by atoms with E-state index in [1.165, 1.54) is 0 Å². The summed E-state index contributed by atoms with van der Waals surface area (Å²) in [4.78, 5) is 21.2. The summed E-state index contributed by atoms with van der Waals surface area (Å²) in [6, 6.07) is 2.09. The normalized spacial score (nSPS) is 19.2. The van der Waals surface area contributed by atoms with Gasteiger partial charge in [0.05, 0.1) is 13.1 Å². The molecule has 0 aromatic carbocycles. The van der Waals surface area contributed by atoms with E-state index in [1.807, 2.05) is 12.4 Å². The number of piperazine rings is 1. The topological polar surface area (TPSA) is 79.4 Å².